The molecule has 112 valence electrons. The third-order valence-corrected chi connectivity index (χ3v) is 3.64. The molecule has 1 unspecified atom stereocenters. The first-order valence-corrected chi connectivity index (χ1v) is 7.00. The molecule has 1 atom stereocenters. The van der Waals surface area contributed by atoms with Crippen molar-refractivity contribution in [1.82, 2.24) is 15.0 Å². The standard InChI is InChI=1S/C15H18FN3O2/c1-10-3-4-13(16)12(7-10)8-19-5-6-20-9-14(19)15-17-11(2)18-21-15/h3-4,7,14H,5-6,8-9H2,1-2H3. The molecular weight excluding hydrogens is 273 g/mol. The number of halogens is 1. The second-order valence-corrected chi connectivity index (χ2v) is 5.34. The molecular formula is C15H18FN3O2. The number of aryl methyl sites for hydroxylation is 2. The molecule has 2 aromatic rings. The van der Waals surface area contributed by atoms with Gasteiger partial charge in [0.1, 0.15) is 11.9 Å². The Morgan fingerprint density at radius 2 is 2.24 bits per heavy atom. The molecule has 1 aromatic heterocycles. The Balaban J connectivity index is 1.83. The lowest BCUT2D eigenvalue weighted by molar-refractivity contribution is -0.0245. The Hall–Kier alpha value is -1.79. The van der Waals surface area contributed by atoms with Gasteiger partial charge >= 0.3 is 0 Å². The van der Waals surface area contributed by atoms with E-state index in [-0.39, 0.29) is 11.9 Å². The van der Waals surface area contributed by atoms with E-state index in [0.717, 1.165) is 5.56 Å². The molecule has 1 aliphatic heterocycles. The van der Waals surface area contributed by atoms with Crippen molar-refractivity contribution in [2.45, 2.75) is 26.4 Å². The van der Waals surface area contributed by atoms with Crippen molar-refractivity contribution in [3.05, 3.63) is 46.9 Å². The number of hydrogen-bond donors (Lipinski definition) is 0. The quantitative estimate of drug-likeness (QED) is 0.869. The molecule has 0 N–H and O–H groups in total. The third kappa shape index (κ3) is 3.11. The fourth-order valence-electron chi connectivity index (χ4n) is 2.55. The molecule has 1 saturated heterocycles. The molecule has 21 heavy (non-hydrogen) atoms. The van der Waals surface area contributed by atoms with Crippen LogP contribution in [0.15, 0.2) is 22.7 Å². The summed E-state index contributed by atoms with van der Waals surface area (Å²) in [7, 11) is 0. The molecule has 1 aromatic carbocycles. The number of ether oxygens (including phenoxy) is 1. The van der Waals surface area contributed by atoms with Crippen LogP contribution in [0.4, 0.5) is 4.39 Å². The Morgan fingerprint density at radius 3 is 3.00 bits per heavy atom. The van der Waals surface area contributed by atoms with Crippen LogP contribution in [0.2, 0.25) is 0 Å². The first kappa shape index (κ1) is 14.2. The number of rotatable bonds is 3. The van der Waals surface area contributed by atoms with Crippen LogP contribution in [0, 0.1) is 19.7 Å². The zero-order valence-corrected chi connectivity index (χ0v) is 12.2. The molecule has 0 radical (unpaired) electrons. The molecule has 0 saturated carbocycles. The van der Waals surface area contributed by atoms with Crippen LogP contribution >= 0.6 is 0 Å². The molecule has 0 amide bonds. The van der Waals surface area contributed by atoms with Crippen LogP contribution in [0.1, 0.15) is 28.9 Å². The van der Waals surface area contributed by atoms with E-state index in [1.165, 1.54) is 6.07 Å². The summed E-state index contributed by atoms with van der Waals surface area (Å²) < 4.78 is 24.7. The van der Waals surface area contributed by atoms with Crippen molar-refractivity contribution in [2.24, 2.45) is 0 Å². The van der Waals surface area contributed by atoms with E-state index < -0.39 is 0 Å². The topological polar surface area (TPSA) is 51.4 Å². The summed E-state index contributed by atoms with van der Waals surface area (Å²) in [6.07, 6.45) is 0. The van der Waals surface area contributed by atoms with Gasteiger partial charge in [-0.2, -0.15) is 4.98 Å². The molecule has 3 rings (SSSR count). The van der Waals surface area contributed by atoms with Crippen LogP contribution in [0.25, 0.3) is 0 Å². The van der Waals surface area contributed by atoms with E-state index in [1.807, 2.05) is 13.0 Å². The normalized spacial score (nSPS) is 19.9. The summed E-state index contributed by atoms with van der Waals surface area (Å²) in [4.78, 5) is 6.39. The van der Waals surface area contributed by atoms with E-state index >= 15 is 0 Å². The fourth-order valence-corrected chi connectivity index (χ4v) is 2.55. The Kier molecular flexibility index (Phi) is 3.98. The Morgan fingerprint density at radius 1 is 1.38 bits per heavy atom. The monoisotopic (exact) mass is 291 g/mol. The van der Waals surface area contributed by atoms with Gasteiger partial charge in [-0.1, -0.05) is 22.9 Å². The van der Waals surface area contributed by atoms with Crippen molar-refractivity contribution in [2.75, 3.05) is 19.8 Å². The molecule has 6 heteroatoms. The summed E-state index contributed by atoms with van der Waals surface area (Å²) >= 11 is 0. The molecule has 0 spiro atoms. The minimum absolute atomic E-state index is 0.125. The minimum atomic E-state index is -0.187. The maximum atomic E-state index is 13.9. The van der Waals surface area contributed by atoms with Gasteiger partial charge in [0.25, 0.3) is 0 Å². The molecule has 5 nitrogen and oxygen atoms in total. The van der Waals surface area contributed by atoms with E-state index in [4.69, 9.17) is 9.26 Å². The molecule has 0 aliphatic carbocycles. The van der Waals surface area contributed by atoms with E-state index in [1.54, 1.807) is 13.0 Å². The van der Waals surface area contributed by atoms with E-state index in [2.05, 4.69) is 15.0 Å². The van der Waals surface area contributed by atoms with Gasteiger partial charge < -0.3 is 9.26 Å². The van der Waals surface area contributed by atoms with E-state index in [9.17, 15) is 4.39 Å². The lowest BCUT2D eigenvalue weighted by Gasteiger charge is -2.33. The predicted molar refractivity (Wildman–Crippen MR) is 74.1 cm³/mol. The average molecular weight is 291 g/mol. The molecule has 1 fully saturated rings. The van der Waals surface area contributed by atoms with Gasteiger partial charge in [-0.3, -0.25) is 4.90 Å². The van der Waals surface area contributed by atoms with Crippen molar-refractivity contribution < 1.29 is 13.7 Å². The predicted octanol–water partition coefficient (Wildman–Crippen LogP) is 2.40. The van der Waals surface area contributed by atoms with Gasteiger partial charge in [-0.25, -0.2) is 4.39 Å². The molecule has 2 heterocycles. The van der Waals surface area contributed by atoms with Gasteiger partial charge in [0.05, 0.1) is 13.2 Å². The summed E-state index contributed by atoms with van der Waals surface area (Å²) in [6.45, 7) is 6.05. The zero-order valence-electron chi connectivity index (χ0n) is 12.2. The van der Waals surface area contributed by atoms with Crippen molar-refractivity contribution in [1.29, 1.82) is 0 Å². The minimum Gasteiger partial charge on any atom is -0.378 e. The SMILES string of the molecule is Cc1ccc(F)c(CN2CCOCC2c2nc(C)no2)c1. The summed E-state index contributed by atoms with van der Waals surface area (Å²) in [6, 6.07) is 5.04. The van der Waals surface area contributed by atoms with Gasteiger partial charge in [0, 0.05) is 18.7 Å². The summed E-state index contributed by atoms with van der Waals surface area (Å²) in [5.74, 6) is 0.935. The highest BCUT2D eigenvalue weighted by Crippen LogP contribution is 2.25. The maximum absolute atomic E-state index is 13.9. The van der Waals surface area contributed by atoms with Gasteiger partial charge in [-0.05, 0) is 19.9 Å². The highest BCUT2D eigenvalue weighted by molar-refractivity contribution is 5.24. The van der Waals surface area contributed by atoms with Crippen LogP contribution in [-0.4, -0.2) is 34.8 Å². The zero-order chi connectivity index (χ0) is 14.8. The third-order valence-electron chi connectivity index (χ3n) is 3.64. The van der Waals surface area contributed by atoms with Crippen LogP contribution in [0.3, 0.4) is 0 Å². The van der Waals surface area contributed by atoms with Crippen LogP contribution in [-0.2, 0) is 11.3 Å². The Bertz CT molecular complexity index is 629. The number of aromatic nitrogens is 2. The summed E-state index contributed by atoms with van der Waals surface area (Å²) in [5.41, 5.74) is 1.72. The second kappa shape index (κ2) is 5.91. The second-order valence-electron chi connectivity index (χ2n) is 5.34. The van der Waals surface area contributed by atoms with Crippen molar-refractivity contribution in [3.8, 4) is 0 Å². The van der Waals surface area contributed by atoms with Gasteiger partial charge in [0.2, 0.25) is 5.89 Å². The van der Waals surface area contributed by atoms with Crippen LogP contribution < -0.4 is 0 Å². The van der Waals surface area contributed by atoms with E-state index in [0.29, 0.717) is 43.6 Å². The van der Waals surface area contributed by atoms with Crippen molar-refractivity contribution in [3.63, 3.8) is 0 Å². The highest BCUT2D eigenvalue weighted by Gasteiger charge is 2.29. The summed E-state index contributed by atoms with van der Waals surface area (Å²) in [5, 5.41) is 3.82. The smallest absolute Gasteiger partial charge is 0.246 e. The lowest BCUT2D eigenvalue weighted by Crippen LogP contribution is -2.39. The molecule has 0 bridgehead atoms. The average Bonchev–Trinajstić information content (AvgIpc) is 2.90. The lowest BCUT2D eigenvalue weighted by atomic mass is 10.1. The maximum Gasteiger partial charge on any atom is 0.246 e. The number of morpholine rings is 1. The molecule has 1 aliphatic rings. The van der Waals surface area contributed by atoms with Gasteiger partial charge in [0.15, 0.2) is 5.82 Å². The first-order valence-electron chi connectivity index (χ1n) is 7.00. The number of benzene rings is 1. The largest absolute Gasteiger partial charge is 0.378 e. The fraction of sp³-hybridized carbons (Fsp3) is 0.467. The number of nitrogens with zero attached hydrogens (tertiary/aromatic N) is 3. The van der Waals surface area contributed by atoms with Gasteiger partial charge in [-0.15, -0.1) is 0 Å². The number of hydrogen-bond acceptors (Lipinski definition) is 5. The highest BCUT2D eigenvalue weighted by atomic mass is 19.1. The van der Waals surface area contributed by atoms with Crippen molar-refractivity contribution >= 4 is 0 Å². The Labute approximate surface area is 122 Å². The van der Waals surface area contributed by atoms with Crippen LogP contribution in [0.5, 0.6) is 0 Å². The first-order chi connectivity index (χ1) is 10.1.